The highest BCUT2D eigenvalue weighted by Gasteiger charge is 2.19. The SMILES string of the molecule is C=C[C@H](C)C(=O)N(CC(C)C)CC(C)C. The Kier molecular flexibility index (Phi) is 6.30. The molecule has 2 heteroatoms. The Morgan fingerprint density at radius 2 is 1.53 bits per heavy atom. The first kappa shape index (κ1) is 14.2. The van der Waals surface area contributed by atoms with Crippen molar-refractivity contribution < 1.29 is 4.79 Å². The molecular weight excluding hydrogens is 186 g/mol. The second-order valence-electron chi connectivity index (χ2n) is 5.06. The van der Waals surface area contributed by atoms with Gasteiger partial charge in [0.1, 0.15) is 0 Å². The van der Waals surface area contributed by atoms with Gasteiger partial charge in [-0.25, -0.2) is 0 Å². The van der Waals surface area contributed by atoms with Crippen LogP contribution in [0.15, 0.2) is 12.7 Å². The molecule has 0 aliphatic heterocycles. The van der Waals surface area contributed by atoms with E-state index in [1.807, 2.05) is 11.8 Å². The molecule has 0 spiro atoms. The lowest BCUT2D eigenvalue weighted by molar-refractivity contribution is -0.134. The molecule has 0 aromatic rings. The Labute approximate surface area is 94.4 Å². The van der Waals surface area contributed by atoms with E-state index in [-0.39, 0.29) is 11.8 Å². The van der Waals surface area contributed by atoms with Crippen molar-refractivity contribution in [2.45, 2.75) is 34.6 Å². The maximum atomic E-state index is 12.0. The molecule has 0 aromatic heterocycles. The van der Waals surface area contributed by atoms with Crippen LogP contribution >= 0.6 is 0 Å². The molecule has 0 bridgehead atoms. The molecule has 1 atom stereocenters. The second kappa shape index (κ2) is 6.65. The van der Waals surface area contributed by atoms with E-state index in [1.165, 1.54) is 0 Å². The maximum Gasteiger partial charge on any atom is 0.229 e. The molecule has 0 fully saturated rings. The van der Waals surface area contributed by atoms with Crippen LogP contribution in [-0.2, 0) is 4.79 Å². The zero-order chi connectivity index (χ0) is 12.0. The molecule has 0 rings (SSSR count). The van der Waals surface area contributed by atoms with Gasteiger partial charge in [0.05, 0.1) is 5.92 Å². The van der Waals surface area contributed by atoms with Crippen molar-refractivity contribution in [3.8, 4) is 0 Å². The largest absolute Gasteiger partial charge is 0.342 e. The summed E-state index contributed by atoms with van der Waals surface area (Å²) in [6, 6.07) is 0. The smallest absolute Gasteiger partial charge is 0.229 e. The number of rotatable bonds is 6. The van der Waals surface area contributed by atoms with Crippen LogP contribution in [0.2, 0.25) is 0 Å². The van der Waals surface area contributed by atoms with Crippen LogP contribution in [0.3, 0.4) is 0 Å². The minimum atomic E-state index is -0.0671. The third-order valence-electron chi connectivity index (χ3n) is 2.23. The van der Waals surface area contributed by atoms with Crippen molar-refractivity contribution in [2.24, 2.45) is 17.8 Å². The lowest BCUT2D eigenvalue weighted by atomic mass is 10.1. The van der Waals surface area contributed by atoms with Crippen LogP contribution in [0, 0.1) is 17.8 Å². The van der Waals surface area contributed by atoms with Crippen LogP contribution < -0.4 is 0 Å². The number of hydrogen-bond donors (Lipinski definition) is 0. The molecular formula is C13H25NO. The summed E-state index contributed by atoms with van der Waals surface area (Å²) < 4.78 is 0. The molecule has 0 aliphatic carbocycles. The standard InChI is InChI=1S/C13H25NO/c1-7-12(6)13(15)14(8-10(2)3)9-11(4)5/h7,10-12H,1,8-9H2,2-6H3/t12-/m0/s1. The van der Waals surface area contributed by atoms with Crippen LogP contribution in [0.5, 0.6) is 0 Å². The summed E-state index contributed by atoms with van der Waals surface area (Å²) >= 11 is 0. The van der Waals surface area contributed by atoms with Gasteiger partial charge in [0.25, 0.3) is 0 Å². The van der Waals surface area contributed by atoms with Crippen molar-refractivity contribution in [3.05, 3.63) is 12.7 Å². The van der Waals surface area contributed by atoms with Gasteiger partial charge in [-0.05, 0) is 11.8 Å². The fraction of sp³-hybridized carbons (Fsp3) is 0.769. The summed E-state index contributed by atoms with van der Waals surface area (Å²) in [5, 5.41) is 0. The van der Waals surface area contributed by atoms with Crippen molar-refractivity contribution in [1.29, 1.82) is 0 Å². The van der Waals surface area contributed by atoms with E-state index < -0.39 is 0 Å². The monoisotopic (exact) mass is 211 g/mol. The zero-order valence-electron chi connectivity index (χ0n) is 10.8. The maximum absolute atomic E-state index is 12.0. The summed E-state index contributed by atoms with van der Waals surface area (Å²) in [5.74, 6) is 1.17. The molecule has 1 amide bonds. The Morgan fingerprint density at radius 1 is 1.13 bits per heavy atom. The van der Waals surface area contributed by atoms with E-state index in [1.54, 1.807) is 6.08 Å². The molecule has 2 nitrogen and oxygen atoms in total. The zero-order valence-corrected chi connectivity index (χ0v) is 10.8. The van der Waals surface area contributed by atoms with Crippen LogP contribution in [0.25, 0.3) is 0 Å². The predicted molar refractivity (Wildman–Crippen MR) is 65.6 cm³/mol. The van der Waals surface area contributed by atoms with E-state index in [0.29, 0.717) is 11.8 Å². The van der Waals surface area contributed by atoms with Gasteiger partial charge in [0, 0.05) is 13.1 Å². The third-order valence-corrected chi connectivity index (χ3v) is 2.23. The first-order chi connectivity index (χ1) is 6.88. The van der Waals surface area contributed by atoms with E-state index in [9.17, 15) is 4.79 Å². The summed E-state index contributed by atoms with van der Waals surface area (Å²) in [6.07, 6.45) is 1.72. The average molecular weight is 211 g/mol. The first-order valence-corrected chi connectivity index (χ1v) is 5.79. The predicted octanol–water partition coefficient (Wildman–Crippen LogP) is 2.95. The summed E-state index contributed by atoms with van der Waals surface area (Å²) in [4.78, 5) is 14.0. The van der Waals surface area contributed by atoms with Crippen molar-refractivity contribution in [2.75, 3.05) is 13.1 Å². The minimum absolute atomic E-state index is 0.0671. The Hall–Kier alpha value is -0.790. The van der Waals surface area contributed by atoms with Crippen LogP contribution in [-0.4, -0.2) is 23.9 Å². The highest BCUT2D eigenvalue weighted by molar-refractivity contribution is 5.80. The van der Waals surface area contributed by atoms with Gasteiger partial charge >= 0.3 is 0 Å². The summed E-state index contributed by atoms with van der Waals surface area (Å²) in [6.45, 7) is 15.8. The van der Waals surface area contributed by atoms with E-state index in [2.05, 4.69) is 34.3 Å². The van der Waals surface area contributed by atoms with Crippen LogP contribution in [0.4, 0.5) is 0 Å². The van der Waals surface area contributed by atoms with Crippen LogP contribution in [0.1, 0.15) is 34.6 Å². The highest BCUT2D eigenvalue weighted by atomic mass is 16.2. The Balaban J connectivity index is 4.46. The fourth-order valence-corrected chi connectivity index (χ4v) is 1.52. The van der Waals surface area contributed by atoms with Gasteiger partial charge in [-0.3, -0.25) is 4.79 Å². The van der Waals surface area contributed by atoms with Crippen molar-refractivity contribution in [1.82, 2.24) is 4.90 Å². The number of carbonyl (C=O) groups is 1. The number of carbonyl (C=O) groups excluding carboxylic acids is 1. The lowest BCUT2D eigenvalue weighted by Gasteiger charge is -2.28. The van der Waals surface area contributed by atoms with Gasteiger partial charge in [-0.15, -0.1) is 6.58 Å². The second-order valence-corrected chi connectivity index (χ2v) is 5.06. The van der Waals surface area contributed by atoms with Gasteiger partial charge in [-0.2, -0.15) is 0 Å². The van der Waals surface area contributed by atoms with Gasteiger partial charge in [0.15, 0.2) is 0 Å². The third kappa shape index (κ3) is 5.60. The topological polar surface area (TPSA) is 20.3 Å². The first-order valence-electron chi connectivity index (χ1n) is 5.79. The number of nitrogens with zero attached hydrogens (tertiary/aromatic N) is 1. The van der Waals surface area contributed by atoms with E-state index in [0.717, 1.165) is 13.1 Å². The molecule has 0 aliphatic rings. The normalized spacial score (nSPS) is 13.0. The fourth-order valence-electron chi connectivity index (χ4n) is 1.52. The lowest BCUT2D eigenvalue weighted by Crippen LogP contribution is -2.39. The molecule has 0 heterocycles. The number of hydrogen-bond acceptors (Lipinski definition) is 1. The number of amides is 1. The Bertz CT molecular complexity index is 199. The molecule has 0 N–H and O–H groups in total. The average Bonchev–Trinajstić information content (AvgIpc) is 2.13. The minimum Gasteiger partial charge on any atom is -0.342 e. The molecule has 88 valence electrons. The van der Waals surface area contributed by atoms with E-state index in [4.69, 9.17) is 0 Å². The van der Waals surface area contributed by atoms with Crippen molar-refractivity contribution in [3.63, 3.8) is 0 Å². The molecule has 0 radical (unpaired) electrons. The summed E-state index contributed by atoms with van der Waals surface area (Å²) in [7, 11) is 0. The quantitative estimate of drug-likeness (QED) is 0.619. The summed E-state index contributed by atoms with van der Waals surface area (Å²) in [5.41, 5.74) is 0. The van der Waals surface area contributed by atoms with Gasteiger partial charge in [0.2, 0.25) is 5.91 Å². The van der Waals surface area contributed by atoms with Crippen molar-refractivity contribution >= 4 is 5.91 Å². The van der Waals surface area contributed by atoms with Gasteiger partial charge < -0.3 is 4.90 Å². The Morgan fingerprint density at radius 3 is 1.80 bits per heavy atom. The molecule has 0 aromatic carbocycles. The molecule has 0 saturated heterocycles. The molecule has 0 unspecified atom stereocenters. The van der Waals surface area contributed by atoms with Gasteiger partial charge in [-0.1, -0.05) is 40.7 Å². The van der Waals surface area contributed by atoms with E-state index >= 15 is 0 Å². The highest BCUT2D eigenvalue weighted by Crippen LogP contribution is 2.09. The molecule has 15 heavy (non-hydrogen) atoms. The molecule has 0 saturated carbocycles.